The van der Waals surface area contributed by atoms with Gasteiger partial charge in [-0.3, -0.25) is 20.0 Å². The number of imidazole rings is 1. The topological polar surface area (TPSA) is 89.9 Å². The van der Waals surface area contributed by atoms with Gasteiger partial charge in [0.2, 0.25) is 6.33 Å². The molecular weight excluding hydrogens is 228 g/mol. The summed E-state index contributed by atoms with van der Waals surface area (Å²) in [5.41, 5.74) is 0. The highest BCUT2D eigenvalue weighted by atomic mass is 16.5. The van der Waals surface area contributed by atoms with E-state index in [0.717, 1.165) is 0 Å². The Kier molecular flexibility index (Phi) is 4.18. The first-order valence-electron chi connectivity index (χ1n) is 4.86. The van der Waals surface area contributed by atoms with Gasteiger partial charge in [-0.1, -0.05) is 0 Å². The van der Waals surface area contributed by atoms with E-state index >= 15 is 0 Å². The highest BCUT2D eigenvalue weighted by Crippen LogP contribution is 1.89. The molecule has 1 rings (SSSR count). The number of hydrogen-bond acceptors (Lipinski definition) is 4. The van der Waals surface area contributed by atoms with Crippen molar-refractivity contribution in [3.63, 3.8) is 0 Å². The number of hydroxylamine groups is 4. The fourth-order valence-corrected chi connectivity index (χ4v) is 1.14. The molecule has 0 fully saturated rings. The van der Waals surface area contributed by atoms with Crippen LogP contribution in [-0.4, -0.2) is 51.0 Å². The molecule has 0 aliphatic rings. The van der Waals surface area contributed by atoms with E-state index in [9.17, 15) is 9.59 Å². The van der Waals surface area contributed by atoms with Crippen LogP contribution in [0.3, 0.4) is 0 Å². The number of likely N-dealkylation sites (N-methyl/N-ethyl adjacent to an activating group) is 2. The summed E-state index contributed by atoms with van der Waals surface area (Å²) in [4.78, 5) is 22.4. The van der Waals surface area contributed by atoms with Gasteiger partial charge in [0.25, 0.3) is 11.8 Å². The lowest BCUT2D eigenvalue weighted by molar-refractivity contribution is -0.685. The van der Waals surface area contributed by atoms with E-state index in [4.69, 9.17) is 10.4 Å². The summed E-state index contributed by atoms with van der Waals surface area (Å²) >= 11 is 0. The molecule has 8 heteroatoms. The molecule has 0 saturated heterocycles. The van der Waals surface area contributed by atoms with E-state index in [2.05, 4.69) is 0 Å². The Morgan fingerprint density at radius 3 is 2.35 bits per heavy atom. The van der Waals surface area contributed by atoms with Crippen LogP contribution in [0.2, 0.25) is 0 Å². The molecule has 0 bridgehead atoms. The smallest absolute Gasteiger partial charge is 0.286 e. The molecule has 2 N–H and O–H groups in total. The van der Waals surface area contributed by atoms with Crippen molar-refractivity contribution in [1.82, 2.24) is 14.7 Å². The van der Waals surface area contributed by atoms with E-state index in [1.165, 1.54) is 29.6 Å². The van der Waals surface area contributed by atoms with Crippen LogP contribution >= 0.6 is 0 Å². The molecule has 0 radical (unpaired) electrons. The molecule has 0 spiro atoms. The summed E-state index contributed by atoms with van der Waals surface area (Å²) in [7, 11) is 2.48. The average molecular weight is 243 g/mol. The van der Waals surface area contributed by atoms with E-state index in [0.29, 0.717) is 10.1 Å². The van der Waals surface area contributed by atoms with Crippen molar-refractivity contribution in [1.29, 1.82) is 0 Å². The summed E-state index contributed by atoms with van der Waals surface area (Å²) in [5.74, 6) is -0.947. The Labute approximate surface area is 97.8 Å². The minimum atomic E-state index is -0.474. The minimum absolute atomic E-state index is 0.0246. The Morgan fingerprint density at radius 2 is 1.82 bits per heavy atom. The van der Waals surface area contributed by atoms with Crippen molar-refractivity contribution >= 4 is 11.8 Å². The van der Waals surface area contributed by atoms with Gasteiger partial charge in [0, 0.05) is 14.1 Å². The van der Waals surface area contributed by atoms with Gasteiger partial charge in [-0.15, -0.1) is 0 Å². The standard InChI is InChI=1S/C9H15N4O4/c1-10(16)8(14)5-12-3-4-13(7-12)6-9(15)11(2)17/h3-4,7,16-17H,5-6H2,1-2H3/q+1. The van der Waals surface area contributed by atoms with Gasteiger partial charge in [-0.25, -0.2) is 19.3 Å². The molecule has 0 unspecified atom stereocenters. The van der Waals surface area contributed by atoms with Crippen LogP contribution in [0.1, 0.15) is 0 Å². The van der Waals surface area contributed by atoms with Gasteiger partial charge in [0.1, 0.15) is 12.4 Å². The Balaban J connectivity index is 2.60. The number of nitrogens with zero attached hydrogens (tertiary/aromatic N) is 4. The van der Waals surface area contributed by atoms with Crippen LogP contribution in [0.5, 0.6) is 0 Å². The normalized spacial score (nSPS) is 10.1. The summed E-state index contributed by atoms with van der Waals surface area (Å²) in [6.45, 7) is -0.0493. The first-order valence-corrected chi connectivity index (χ1v) is 4.86. The molecular formula is C9H15N4O4+. The molecule has 0 saturated carbocycles. The highest BCUT2D eigenvalue weighted by Gasteiger charge is 2.14. The first kappa shape index (κ1) is 13.1. The number of carbonyl (C=O) groups is 2. The van der Waals surface area contributed by atoms with Crippen LogP contribution in [-0.2, 0) is 22.7 Å². The molecule has 0 aliphatic carbocycles. The number of carbonyl (C=O) groups excluding carboxylic acids is 2. The predicted octanol–water partition coefficient (Wildman–Crippen LogP) is -1.53. The molecule has 1 aromatic rings. The number of aromatic nitrogens is 2. The number of amides is 2. The number of hydrogen-bond donors (Lipinski definition) is 2. The molecule has 17 heavy (non-hydrogen) atoms. The van der Waals surface area contributed by atoms with Gasteiger partial charge in [-0.05, 0) is 0 Å². The maximum Gasteiger partial charge on any atom is 0.287 e. The van der Waals surface area contributed by atoms with Crippen LogP contribution in [0, 0.1) is 0 Å². The lowest BCUT2D eigenvalue weighted by atomic mass is 10.6. The zero-order valence-electron chi connectivity index (χ0n) is 9.65. The third-order valence-electron chi connectivity index (χ3n) is 2.10. The van der Waals surface area contributed by atoms with Gasteiger partial charge >= 0.3 is 0 Å². The second-order valence-corrected chi connectivity index (χ2v) is 3.59. The predicted molar refractivity (Wildman–Crippen MR) is 53.7 cm³/mol. The zero-order chi connectivity index (χ0) is 13.0. The van der Waals surface area contributed by atoms with Crippen molar-refractivity contribution in [2.24, 2.45) is 0 Å². The molecule has 0 atom stereocenters. The second kappa shape index (κ2) is 5.41. The van der Waals surface area contributed by atoms with Crippen LogP contribution < -0.4 is 4.57 Å². The lowest BCUT2D eigenvalue weighted by Gasteiger charge is -2.06. The third-order valence-corrected chi connectivity index (χ3v) is 2.10. The molecule has 8 nitrogen and oxygen atoms in total. The van der Waals surface area contributed by atoms with Crippen molar-refractivity contribution < 1.29 is 24.6 Å². The third kappa shape index (κ3) is 3.85. The van der Waals surface area contributed by atoms with E-state index in [1.54, 1.807) is 12.4 Å². The van der Waals surface area contributed by atoms with Gasteiger partial charge in [-0.2, -0.15) is 0 Å². The highest BCUT2D eigenvalue weighted by molar-refractivity contribution is 5.74. The van der Waals surface area contributed by atoms with E-state index in [1.807, 2.05) is 0 Å². The average Bonchev–Trinajstić information content (AvgIpc) is 2.65. The molecule has 2 amide bonds. The van der Waals surface area contributed by atoms with Crippen molar-refractivity contribution in [3.8, 4) is 0 Å². The molecule has 0 aliphatic heterocycles. The summed E-state index contributed by atoms with van der Waals surface area (Å²) in [5, 5.41) is 18.7. The molecule has 0 aromatic carbocycles. The fourth-order valence-electron chi connectivity index (χ4n) is 1.14. The van der Waals surface area contributed by atoms with Crippen molar-refractivity contribution in [3.05, 3.63) is 18.7 Å². The van der Waals surface area contributed by atoms with E-state index in [-0.39, 0.29) is 13.1 Å². The van der Waals surface area contributed by atoms with Gasteiger partial charge in [0.05, 0.1) is 0 Å². The molecule has 94 valence electrons. The van der Waals surface area contributed by atoms with Gasteiger partial charge in [0.15, 0.2) is 13.1 Å². The summed E-state index contributed by atoms with van der Waals surface area (Å²) < 4.78 is 3.03. The van der Waals surface area contributed by atoms with Gasteiger partial charge < -0.3 is 0 Å². The summed E-state index contributed by atoms with van der Waals surface area (Å²) in [6.07, 6.45) is 4.71. The molecule has 1 heterocycles. The number of rotatable bonds is 4. The minimum Gasteiger partial charge on any atom is -0.286 e. The SMILES string of the molecule is CN(O)C(=O)Cn1cc[n+](CC(=O)N(C)O)c1. The zero-order valence-corrected chi connectivity index (χ0v) is 9.65. The largest absolute Gasteiger partial charge is 0.287 e. The summed E-state index contributed by atoms with van der Waals surface area (Å²) in [6, 6.07) is 0. The Hall–Kier alpha value is -1.93. The van der Waals surface area contributed by atoms with Crippen molar-refractivity contribution in [2.75, 3.05) is 14.1 Å². The van der Waals surface area contributed by atoms with Crippen molar-refractivity contribution in [2.45, 2.75) is 13.1 Å². The Bertz CT molecular complexity index is 376. The molecule has 1 aromatic heterocycles. The fraction of sp³-hybridized carbons (Fsp3) is 0.444. The van der Waals surface area contributed by atoms with Crippen LogP contribution in [0.4, 0.5) is 0 Å². The lowest BCUT2D eigenvalue weighted by Crippen LogP contribution is -2.41. The monoisotopic (exact) mass is 243 g/mol. The van der Waals surface area contributed by atoms with Crippen LogP contribution in [0.15, 0.2) is 18.7 Å². The maximum absolute atomic E-state index is 11.2. The quantitative estimate of drug-likeness (QED) is 0.381. The Morgan fingerprint density at radius 1 is 1.24 bits per heavy atom. The maximum atomic E-state index is 11.2. The van der Waals surface area contributed by atoms with E-state index < -0.39 is 11.8 Å². The first-order chi connectivity index (χ1) is 7.90. The second-order valence-electron chi connectivity index (χ2n) is 3.59. The van der Waals surface area contributed by atoms with Crippen LogP contribution in [0.25, 0.3) is 0 Å².